The predicted molar refractivity (Wildman–Crippen MR) is 107 cm³/mol. The summed E-state index contributed by atoms with van der Waals surface area (Å²) in [6.07, 6.45) is 0. The Labute approximate surface area is 166 Å². The van der Waals surface area contributed by atoms with Crippen molar-refractivity contribution in [1.82, 2.24) is 14.8 Å². The molecule has 3 aromatic rings. The first-order chi connectivity index (χ1) is 13.3. The van der Waals surface area contributed by atoms with Gasteiger partial charge in [0, 0.05) is 23.9 Å². The third-order valence-electron chi connectivity index (χ3n) is 4.15. The fourth-order valence-electron chi connectivity index (χ4n) is 2.51. The minimum atomic E-state index is -0.420. The highest BCUT2D eigenvalue weighted by Crippen LogP contribution is 2.26. The number of hydrogen-bond donors (Lipinski definition) is 1. The van der Waals surface area contributed by atoms with E-state index in [-0.39, 0.29) is 17.5 Å². The fraction of sp³-hybridized carbons (Fsp3) is 0.200. The largest absolute Gasteiger partial charge is 0.325 e. The maximum absolute atomic E-state index is 13.1. The molecule has 0 bridgehead atoms. The fourth-order valence-corrected chi connectivity index (χ4v) is 3.33. The zero-order valence-electron chi connectivity index (χ0n) is 15.6. The van der Waals surface area contributed by atoms with Crippen LogP contribution in [0, 0.1) is 5.82 Å². The van der Waals surface area contributed by atoms with Gasteiger partial charge in [-0.05, 0) is 62.4 Å². The van der Waals surface area contributed by atoms with Gasteiger partial charge in [0.2, 0.25) is 5.91 Å². The number of nitrogens with one attached hydrogen (secondary N) is 1. The first-order valence-corrected chi connectivity index (χ1v) is 9.47. The second-order valence-corrected chi connectivity index (χ2v) is 7.56. The van der Waals surface area contributed by atoms with Crippen molar-refractivity contribution in [3.8, 4) is 11.4 Å². The first-order valence-electron chi connectivity index (χ1n) is 8.59. The zero-order chi connectivity index (χ0) is 20.3. The van der Waals surface area contributed by atoms with Gasteiger partial charge in [-0.15, -0.1) is 10.2 Å². The highest BCUT2D eigenvalue weighted by molar-refractivity contribution is 8.00. The molecule has 1 atom stereocenters. The lowest BCUT2D eigenvalue weighted by Gasteiger charge is -2.12. The van der Waals surface area contributed by atoms with E-state index >= 15 is 0 Å². The number of hydrogen-bond acceptors (Lipinski definition) is 5. The van der Waals surface area contributed by atoms with Crippen molar-refractivity contribution in [3.05, 3.63) is 59.9 Å². The Morgan fingerprint density at radius 1 is 1.07 bits per heavy atom. The van der Waals surface area contributed by atoms with Crippen LogP contribution in [-0.2, 0) is 11.8 Å². The van der Waals surface area contributed by atoms with Crippen molar-refractivity contribution in [2.75, 3.05) is 5.32 Å². The molecule has 1 amide bonds. The molecule has 1 heterocycles. The topological polar surface area (TPSA) is 76.9 Å². The van der Waals surface area contributed by atoms with E-state index in [1.165, 1.54) is 30.8 Å². The standard InChI is InChI=1S/C20H19FN4O2S/c1-12(26)14-6-10-17(11-7-14)22-19(27)13(2)28-20-24-23-18(25(20)3)15-4-8-16(21)9-5-15/h4-11,13H,1-3H3,(H,22,27)/t13-/m1/s1. The highest BCUT2D eigenvalue weighted by Gasteiger charge is 2.19. The van der Waals surface area contributed by atoms with Gasteiger partial charge in [0.15, 0.2) is 16.8 Å². The summed E-state index contributed by atoms with van der Waals surface area (Å²) in [5.74, 6) is 0.0602. The van der Waals surface area contributed by atoms with Crippen LogP contribution >= 0.6 is 11.8 Å². The number of ketones is 1. The summed E-state index contributed by atoms with van der Waals surface area (Å²) < 4.78 is 14.9. The lowest BCUT2D eigenvalue weighted by atomic mass is 10.1. The first kappa shape index (κ1) is 19.8. The Bertz CT molecular complexity index is 1000. The van der Waals surface area contributed by atoms with E-state index in [1.54, 1.807) is 54.9 Å². The van der Waals surface area contributed by atoms with E-state index in [1.807, 2.05) is 0 Å². The van der Waals surface area contributed by atoms with Crippen LogP contribution in [0.4, 0.5) is 10.1 Å². The number of Topliss-reactive ketones (excluding diaryl/α,β-unsaturated/α-hetero) is 1. The number of carbonyl (C=O) groups excluding carboxylic acids is 2. The molecule has 0 aliphatic rings. The lowest BCUT2D eigenvalue weighted by molar-refractivity contribution is -0.115. The van der Waals surface area contributed by atoms with E-state index in [4.69, 9.17) is 0 Å². The minimum Gasteiger partial charge on any atom is -0.325 e. The molecule has 0 fully saturated rings. The molecule has 1 N–H and O–H groups in total. The number of nitrogens with zero attached hydrogens (tertiary/aromatic N) is 3. The third-order valence-corrected chi connectivity index (χ3v) is 5.28. The molecule has 0 unspecified atom stereocenters. The van der Waals surface area contributed by atoms with Crippen LogP contribution in [0.15, 0.2) is 53.7 Å². The van der Waals surface area contributed by atoms with Gasteiger partial charge < -0.3 is 9.88 Å². The summed E-state index contributed by atoms with van der Waals surface area (Å²) in [5, 5.41) is 11.3. The number of carbonyl (C=O) groups is 2. The van der Waals surface area contributed by atoms with Gasteiger partial charge in [0.05, 0.1) is 5.25 Å². The average Bonchev–Trinajstić information content (AvgIpc) is 3.03. The van der Waals surface area contributed by atoms with Gasteiger partial charge >= 0.3 is 0 Å². The van der Waals surface area contributed by atoms with Crippen LogP contribution in [0.1, 0.15) is 24.2 Å². The molecule has 28 heavy (non-hydrogen) atoms. The summed E-state index contributed by atoms with van der Waals surface area (Å²) >= 11 is 1.27. The smallest absolute Gasteiger partial charge is 0.237 e. The average molecular weight is 398 g/mol. The molecule has 3 rings (SSSR count). The van der Waals surface area contributed by atoms with Crippen LogP contribution in [-0.4, -0.2) is 31.7 Å². The number of anilines is 1. The summed E-state index contributed by atoms with van der Waals surface area (Å²) in [5.41, 5.74) is 1.95. The third kappa shape index (κ3) is 4.45. The molecule has 0 aliphatic carbocycles. The molecule has 0 radical (unpaired) electrons. The Morgan fingerprint density at radius 2 is 1.71 bits per heavy atom. The molecule has 1 aromatic heterocycles. The Balaban J connectivity index is 1.67. The lowest BCUT2D eigenvalue weighted by Crippen LogP contribution is -2.22. The van der Waals surface area contributed by atoms with Crippen LogP contribution in [0.5, 0.6) is 0 Å². The number of halogens is 1. The summed E-state index contributed by atoms with van der Waals surface area (Å²) in [7, 11) is 1.80. The van der Waals surface area contributed by atoms with Gasteiger partial charge in [-0.3, -0.25) is 9.59 Å². The number of aromatic nitrogens is 3. The minimum absolute atomic E-state index is 0.0268. The van der Waals surface area contributed by atoms with Crippen LogP contribution in [0.3, 0.4) is 0 Å². The molecule has 0 spiro atoms. The number of amides is 1. The van der Waals surface area contributed by atoms with Crippen LogP contribution in [0.2, 0.25) is 0 Å². The van der Waals surface area contributed by atoms with Gasteiger partial charge in [-0.25, -0.2) is 4.39 Å². The van der Waals surface area contributed by atoms with E-state index in [0.29, 0.717) is 22.2 Å². The van der Waals surface area contributed by atoms with Crippen molar-refractivity contribution >= 4 is 29.1 Å². The molecule has 6 nitrogen and oxygen atoms in total. The van der Waals surface area contributed by atoms with E-state index < -0.39 is 5.25 Å². The summed E-state index contributed by atoms with van der Waals surface area (Å²) in [4.78, 5) is 23.8. The monoisotopic (exact) mass is 398 g/mol. The molecule has 144 valence electrons. The Hall–Kier alpha value is -3.00. The number of benzene rings is 2. The summed E-state index contributed by atoms with van der Waals surface area (Å²) in [6, 6.07) is 12.7. The van der Waals surface area contributed by atoms with Crippen molar-refractivity contribution < 1.29 is 14.0 Å². The van der Waals surface area contributed by atoms with Crippen LogP contribution in [0.25, 0.3) is 11.4 Å². The van der Waals surface area contributed by atoms with Crippen molar-refractivity contribution in [2.24, 2.45) is 7.05 Å². The Kier molecular flexibility index (Phi) is 5.89. The molecule has 2 aromatic carbocycles. The molecular weight excluding hydrogens is 379 g/mol. The van der Waals surface area contributed by atoms with Crippen molar-refractivity contribution in [1.29, 1.82) is 0 Å². The predicted octanol–water partition coefficient (Wildman–Crippen LogP) is 3.94. The molecule has 0 aliphatic heterocycles. The van der Waals surface area contributed by atoms with Gasteiger partial charge in [-0.1, -0.05) is 11.8 Å². The number of rotatable bonds is 6. The van der Waals surface area contributed by atoms with E-state index in [9.17, 15) is 14.0 Å². The van der Waals surface area contributed by atoms with Gasteiger partial charge in [-0.2, -0.15) is 0 Å². The zero-order valence-corrected chi connectivity index (χ0v) is 16.5. The molecular formula is C20H19FN4O2S. The molecule has 0 saturated heterocycles. The molecule has 8 heteroatoms. The quantitative estimate of drug-likeness (QED) is 0.503. The second kappa shape index (κ2) is 8.35. The van der Waals surface area contributed by atoms with Crippen molar-refractivity contribution in [2.45, 2.75) is 24.3 Å². The van der Waals surface area contributed by atoms with Gasteiger partial charge in [0.1, 0.15) is 5.82 Å². The van der Waals surface area contributed by atoms with E-state index in [2.05, 4.69) is 15.5 Å². The highest BCUT2D eigenvalue weighted by atomic mass is 32.2. The van der Waals surface area contributed by atoms with Crippen LogP contribution < -0.4 is 5.32 Å². The SMILES string of the molecule is CC(=O)c1ccc(NC(=O)[C@@H](C)Sc2nnc(-c3ccc(F)cc3)n2C)cc1. The van der Waals surface area contributed by atoms with Crippen molar-refractivity contribution in [3.63, 3.8) is 0 Å². The maximum atomic E-state index is 13.1. The van der Waals surface area contributed by atoms with E-state index in [0.717, 1.165) is 5.56 Å². The number of thioether (sulfide) groups is 1. The normalized spacial score (nSPS) is 11.9. The van der Waals surface area contributed by atoms with Gasteiger partial charge in [0.25, 0.3) is 0 Å². The molecule has 0 saturated carbocycles. The maximum Gasteiger partial charge on any atom is 0.237 e. The summed E-state index contributed by atoms with van der Waals surface area (Å²) in [6.45, 7) is 3.27. The Morgan fingerprint density at radius 3 is 2.32 bits per heavy atom. The second-order valence-electron chi connectivity index (χ2n) is 6.25.